The maximum Gasteiger partial charge on any atom is 0.329 e. The van der Waals surface area contributed by atoms with Crippen molar-refractivity contribution in [1.29, 1.82) is 0 Å². The highest BCUT2D eigenvalue weighted by Gasteiger charge is 2.24. The van der Waals surface area contributed by atoms with E-state index in [2.05, 4.69) is 57.2 Å². The minimum absolute atomic E-state index is 0.0125. The van der Waals surface area contributed by atoms with Crippen LogP contribution >= 0.6 is 0 Å². The molecule has 0 N–H and O–H groups in total. The van der Waals surface area contributed by atoms with Crippen molar-refractivity contribution in [2.24, 2.45) is 0 Å². The lowest BCUT2D eigenvalue weighted by Crippen LogP contribution is -2.41. The number of hydrogen-bond acceptors (Lipinski definition) is 1. The Morgan fingerprint density at radius 3 is 1.90 bits per heavy atom. The third-order valence-electron chi connectivity index (χ3n) is 4.98. The predicted molar refractivity (Wildman–Crippen MR) is 122 cm³/mol. The van der Waals surface area contributed by atoms with E-state index in [9.17, 15) is 4.79 Å². The number of carbonyl (C=O) groups excluding carboxylic acids is 1. The molecule has 150 valence electrons. The first-order chi connectivity index (χ1) is 14.1. The summed E-state index contributed by atoms with van der Waals surface area (Å²) in [4.78, 5) is 17.6. The van der Waals surface area contributed by atoms with E-state index in [1.807, 2.05) is 52.3 Å². The SMILES string of the molecule is CCCCN(Cc1ccccc1)C(=O)N(c1cccc(C)c1)c1cccc(C)c1. The molecular formula is C26H30N2O. The van der Waals surface area contributed by atoms with E-state index in [1.165, 1.54) is 0 Å². The van der Waals surface area contributed by atoms with Crippen molar-refractivity contribution in [3.63, 3.8) is 0 Å². The van der Waals surface area contributed by atoms with Crippen LogP contribution in [0.25, 0.3) is 0 Å². The van der Waals surface area contributed by atoms with Gasteiger partial charge >= 0.3 is 6.03 Å². The Hall–Kier alpha value is -3.07. The normalized spacial score (nSPS) is 10.6. The number of amides is 2. The topological polar surface area (TPSA) is 23.6 Å². The number of carbonyl (C=O) groups is 1. The van der Waals surface area contributed by atoms with Gasteiger partial charge < -0.3 is 4.90 Å². The highest BCUT2D eigenvalue weighted by molar-refractivity contribution is 5.99. The number of rotatable bonds is 7. The van der Waals surface area contributed by atoms with Gasteiger partial charge in [-0.1, -0.05) is 67.9 Å². The molecule has 0 spiro atoms. The zero-order chi connectivity index (χ0) is 20.6. The number of urea groups is 1. The monoisotopic (exact) mass is 386 g/mol. The molecule has 3 nitrogen and oxygen atoms in total. The van der Waals surface area contributed by atoms with E-state index in [4.69, 9.17) is 0 Å². The fourth-order valence-electron chi connectivity index (χ4n) is 3.44. The van der Waals surface area contributed by atoms with Gasteiger partial charge in [0, 0.05) is 13.1 Å². The van der Waals surface area contributed by atoms with Crippen LogP contribution in [0.5, 0.6) is 0 Å². The Morgan fingerprint density at radius 2 is 1.38 bits per heavy atom. The van der Waals surface area contributed by atoms with Crippen molar-refractivity contribution in [2.45, 2.75) is 40.2 Å². The minimum atomic E-state index is 0.0125. The van der Waals surface area contributed by atoms with Crippen LogP contribution in [0, 0.1) is 13.8 Å². The van der Waals surface area contributed by atoms with E-state index in [-0.39, 0.29) is 6.03 Å². The Bertz CT molecular complexity index is 891. The van der Waals surface area contributed by atoms with E-state index >= 15 is 0 Å². The Balaban J connectivity index is 2.00. The summed E-state index contributed by atoms with van der Waals surface area (Å²) < 4.78 is 0. The van der Waals surface area contributed by atoms with Gasteiger partial charge in [0.15, 0.2) is 0 Å². The fourth-order valence-corrected chi connectivity index (χ4v) is 3.44. The molecule has 0 saturated carbocycles. The van der Waals surface area contributed by atoms with E-state index < -0.39 is 0 Å². The van der Waals surface area contributed by atoms with Gasteiger partial charge in [0.05, 0.1) is 11.4 Å². The van der Waals surface area contributed by atoms with Crippen LogP contribution in [0.3, 0.4) is 0 Å². The van der Waals surface area contributed by atoms with Crippen LogP contribution in [0.4, 0.5) is 16.2 Å². The molecule has 0 aliphatic carbocycles. The van der Waals surface area contributed by atoms with Gasteiger partial charge in [0.2, 0.25) is 0 Å². The molecule has 0 aliphatic heterocycles. The number of unbranched alkanes of at least 4 members (excludes halogenated alkanes) is 1. The molecule has 0 fully saturated rings. The second kappa shape index (κ2) is 9.92. The summed E-state index contributed by atoms with van der Waals surface area (Å²) >= 11 is 0. The largest absolute Gasteiger partial charge is 0.329 e. The number of hydrogen-bond donors (Lipinski definition) is 0. The van der Waals surface area contributed by atoms with Crippen LogP contribution in [0.15, 0.2) is 78.9 Å². The standard InChI is InChI=1S/C26H30N2O/c1-4-5-17-27(20-23-13-7-6-8-14-23)26(29)28(24-15-9-11-21(2)18-24)25-16-10-12-22(3)19-25/h6-16,18-19H,4-5,17,20H2,1-3H3. The summed E-state index contributed by atoms with van der Waals surface area (Å²) in [5, 5.41) is 0. The first-order valence-electron chi connectivity index (χ1n) is 10.3. The van der Waals surface area contributed by atoms with Crippen molar-refractivity contribution >= 4 is 17.4 Å². The summed E-state index contributed by atoms with van der Waals surface area (Å²) in [7, 11) is 0. The van der Waals surface area contributed by atoms with Crippen molar-refractivity contribution < 1.29 is 4.79 Å². The molecule has 0 aromatic heterocycles. The summed E-state index contributed by atoms with van der Waals surface area (Å²) in [5.74, 6) is 0. The average Bonchev–Trinajstić information content (AvgIpc) is 2.72. The van der Waals surface area contributed by atoms with Crippen molar-refractivity contribution in [3.05, 3.63) is 95.6 Å². The number of benzene rings is 3. The van der Waals surface area contributed by atoms with Crippen LogP contribution in [0.2, 0.25) is 0 Å². The Kier molecular flexibility index (Phi) is 7.07. The maximum absolute atomic E-state index is 13.8. The molecule has 0 heterocycles. The molecule has 3 aromatic carbocycles. The molecule has 3 rings (SSSR count). The molecule has 0 bridgehead atoms. The van der Waals surface area contributed by atoms with Gasteiger partial charge in [0.25, 0.3) is 0 Å². The third-order valence-corrected chi connectivity index (χ3v) is 4.98. The summed E-state index contributed by atoms with van der Waals surface area (Å²) in [6.07, 6.45) is 2.03. The lowest BCUT2D eigenvalue weighted by atomic mass is 10.1. The van der Waals surface area contributed by atoms with Crippen LogP contribution in [-0.4, -0.2) is 17.5 Å². The van der Waals surface area contributed by atoms with Gasteiger partial charge in [-0.3, -0.25) is 4.90 Å². The van der Waals surface area contributed by atoms with Crippen LogP contribution in [-0.2, 0) is 6.54 Å². The Labute approximate surface area is 174 Å². The first kappa shape index (κ1) is 20.7. The molecular weight excluding hydrogens is 356 g/mol. The average molecular weight is 387 g/mol. The maximum atomic E-state index is 13.8. The van der Waals surface area contributed by atoms with E-state index in [0.717, 1.165) is 47.5 Å². The molecule has 3 aromatic rings. The highest BCUT2D eigenvalue weighted by Crippen LogP contribution is 2.29. The number of anilines is 2. The number of nitrogens with zero attached hydrogens (tertiary/aromatic N) is 2. The molecule has 2 amide bonds. The molecule has 3 heteroatoms. The summed E-state index contributed by atoms with van der Waals surface area (Å²) in [6.45, 7) is 7.61. The molecule has 0 radical (unpaired) electrons. The second-order valence-corrected chi connectivity index (χ2v) is 7.56. The van der Waals surface area contributed by atoms with Crippen LogP contribution < -0.4 is 4.90 Å². The lowest BCUT2D eigenvalue weighted by Gasteiger charge is -2.31. The van der Waals surface area contributed by atoms with Gasteiger partial charge in [-0.2, -0.15) is 0 Å². The molecule has 0 atom stereocenters. The van der Waals surface area contributed by atoms with Crippen LogP contribution in [0.1, 0.15) is 36.5 Å². The van der Waals surface area contributed by atoms with Gasteiger partial charge in [-0.25, -0.2) is 4.79 Å². The Morgan fingerprint density at radius 1 is 0.793 bits per heavy atom. The quantitative estimate of drug-likeness (QED) is 0.435. The molecule has 0 unspecified atom stereocenters. The van der Waals surface area contributed by atoms with E-state index in [0.29, 0.717) is 6.54 Å². The minimum Gasteiger partial charge on any atom is -0.320 e. The van der Waals surface area contributed by atoms with Crippen molar-refractivity contribution in [3.8, 4) is 0 Å². The molecule has 0 aliphatic rings. The molecule has 0 saturated heterocycles. The predicted octanol–water partition coefficient (Wildman–Crippen LogP) is 6.86. The zero-order valence-electron chi connectivity index (χ0n) is 17.6. The fraction of sp³-hybridized carbons (Fsp3) is 0.269. The van der Waals surface area contributed by atoms with E-state index in [1.54, 1.807) is 0 Å². The van der Waals surface area contributed by atoms with Gasteiger partial charge in [-0.05, 0) is 61.2 Å². The molecule has 29 heavy (non-hydrogen) atoms. The smallest absolute Gasteiger partial charge is 0.320 e. The highest BCUT2D eigenvalue weighted by atomic mass is 16.2. The third kappa shape index (κ3) is 5.47. The zero-order valence-corrected chi connectivity index (χ0v) is 17.6. The van der Waals surface area contributed by atoms with Crippen molar-refractivity contribution in [1.82, 2.24) is 4.90 Å². The summed E-state index contributed by atoms with van der Waals surface area (Å²) in [6, 6.07) is 26.5. The first-order valence-corrected chi connectivity index (χ1v) is 10.3. The lowest BCUT2D eigenvalue weighted by molar-refractivity contribution is 0.203. The number of aryl methyl sites for hydroxylation is 2. The van der Waals surface area contributed by atoms with Crippen molar-refractivity contribution in [2.75, 3.05) is 11.4 Å². The van der Waals surface area contributed by atoms with Gasteiger partial charge in [-0.15, -0.1) is 0 Å². The second-order valence-electron chi connectivity index (χ2n) is 7.56. The summed E-state index contributed by atoms with van der Waals surface area (Å²) in [5.41, 5.74) is 5.21. The van der Waals surface area contributed by atoms with Gasteiger partial charge in [0.1, 0.15) is 0 Å².